The van der Waals surface area contributed by atoms with Crippen molar-refractivity contribution in [3.63, 3.8) is 0 Å². The van der Waals surface area contributed by atoms with Gasteiger partial charge in [0.15, 0.2) is 0 Å². The zero-order valence-electron chi connectivity index (χ0n) is 9.36. The lowest BCUT2D eigenvalue weighted by Crippen LogP contribution is -2.01. The van der Waals surface area contributed by atoms with Crippen LogP contribution in [0.3, 0.4) is 0 Å². The molecule has 0 radical (unpaired) electrons. The minimum absolute atomic E-state index is 0.107. The summed E-state index contributed by atoms with van der Waals surface area (Å²) in [6.45, 7) is 1.56. The molecule has 0 aliphatic carbocycles. The first-order valence-corrected chi connectivity index (χ1v) is 5.13. The molecule has 0 unspecified atom stereocenters. The van der Waals surface area contributed by atoms with Gasteiger partial charge in [0.05, 0.1) is 12.6 Å². The average Bonchev–Trinajstić information content (AvgIpc) is 2.27. The molecule has 1 aromatic carbocycles. The van der Waals surface area contributed by atoms with E-state index in [1.54, 1.807) is 14.0 Å². The largest absolute Gasteiger partial charge is 0.481 e. The molecule has 0 saturated heterocycles. The topological polar surface area (TPSA) is 39.2 Å². The summed E-state index contributed by atoms with van der Waals surface area (Å²) in [5.41, 5.74) is 1.72. The normalized spacial score (nSPS) is 10.4. The summed E-state index contributed by atoms with van der Waals surface area (Å²) >= 11 is 0. The number of methoxy groups -OCH3 is 1. The van der Waals surface area contributed by atoms with Gasteiger partial charge >= 0.3 is 0 Å². The van der Waals surface area contributed by atoms with Gasteiger partial charge in [-0.1, -0.05) is 18.2 Å². The number of nitrogens with zero attached hydrogens (tertiary/aromatic N) is 1. The average molecular weight is 215 g/mol. The Morgan fingerprint density at radius 1 is 1.38 bits per heavy atom. The lowest BCUT2D eigenvalue weighted by Gasteiger charge is -2.07. The van der Waals surface area contributed by atoms with Crippen molar-refractivity contribution in [1.29, 1.82) is 0 Å². The Morgan fingerprint density at radius 3 is 2.81 bits per heavy atom. The molecule has 2 aromatic rings. The molecule has 0 bridgehead atoms. The number of fused-ring (bicyclic) bond motifs is 1. The molecule has 0 fully saturated rings. The third-order valence-corrected chi connectivity index (χ3v) is 2.40. The Bertz CT molecular complexity index is 534. The van der Waals surface area contributed by atoms with E-state index in [-0.39, 0.29) is 5.78 Å². The number of Topliss-reactive ketones (excluding diaryl/α,β-unsaturated/α-hetero) is 1. The lowest BCUT2D eigenvalue weighted by atomic mass is 10.1. The molecule has 1 heterocycles. The standard InChI is InChI=1S/C13H13NO2/c1-9(15)7-11-8-10-5-3-4-6-12(10)14-13(11)16-2/h3-6,8H,7H2,1-2H3. The molecule has 82 valence electrons. The molecule has 1 aromatic heterocycles. The number of hydrogen-bond acceptors (Lipinski definition) is 3. The Hall–Kier alpha value is -1.90. The van der Waals surface area contributed by atoms with E-state index in [0.29, 0.717) is 12.3 Å². The van der Waals surface area contributed by atoms with Crippen molar-refractivity contribution in [1.82, 2.24) is 4.98 Å². The van der Waals surface area contributed by atoms with Crippen LogP contribution in [0.15, 0.2) is 30.3 Å². The summed E-state index contributed by atoms with van der Waals surface area (Å²) in [6.07, 6.45) is 0.362. The number of carbonyl (C=O) groups is 1. The molecule has 0 N–H and O–H groups in total. The first kappa shape index (κ1) is 10.6. The Labute approximate surface area is 94.1 Å². The molecule has 3 nitrogen and oxygen atoms in total. The van der Waals surface area contributed by atoms with Crippen LogP contribution in [-0.4, -0.2) is 17.9 Å². The van der Waals surface area contributed by atoms with Crippen molar-refractivity contribution < 1.29 is 9.53 Å². The smallest absolute Gasteiger partial charge is 0.217 e. The zero-order valence-corrected chi connectivity index (χ0v) is 9.36. The molecule has 0 aliphatic heterocycles. The number of rotatable bonds is 3. The maximum Gasteiger partial charge on any atom is 0.217 e. The molecule has 0 amide bonds. The van der Waals surface area contributed by atoms with Crippen LogP contribution < -0.4 is 4.74 Å². The summed E-state index contributed by atoms with van der Waals surface area (Å²) in [5, 5.41) is 1.03. The Balaban J connectivity index is 2.58. The second kappa shape index (κ2) is 4.31. The fourth-order valence-corrected chi connectivity index (χ4v) is 1.71. The van der Waals surface area contributed by atoms with Crippen LogP contribution in [0.4, 0.5) is 0 Å². The van der Waals surface area contributed by atoms with E-state index in [1.165, 1.54) is 0 Å². The van der Waals surface area contributed by atoms with Crippen molar-refractivity contribution in [3.8, 4) is 5.88 Å². The number of benzene rings is 1. The highest BCUT2D eigenvalue weighted by Crippen LogP contribution is 2.22. The van der Waals surface area contributed by atoms with Crippen molar-refractivity contribution in [2.24, 2.45) is 0 Å². The number of para-hydroxylation sites is 1. The summed E-state index contributed by atoms with van der Waals surface area (Å²) in [5.74, 6) is 0.643. The fraction of sp³-hybridized carbons (Fsp3) is 0.231. The minimum atomic E-state index is 0.107. The van der Waals surface area contributed by atoms with Crippen LogP contribution in [0.5, 0.6) is 5.88 Å². The number of aromatic nitrogens is 1. The number of ether oxygens (including phenoxy) is 1. The predicted octanol–water partition coefficient (Wildman–Crippen LogP) is 2.37. The molecule has 0 spiro atoms. The SMILES string of the molecule is COc1nc2ccccc2cc1CC(C)=O. The third-order valence-electron chi connectivity index (χ3n) is 2.40. The van der Waals surface area contributed by atoms with E-state index < -0.39 is 0 Å². The van der Waals surface area contributed by atoms with Gasteiger partial charge in [-0.15, -0.1) is 0 Å². The van der Waals surface area contributed by atoms with Crippen LogP contribution in [0.1, 0.15) is 12.5 Å². The van der Waals surface area contributed by atoms with E-state index in [4.69, 9.17) is 4.74 Å². The minimum Gasteiger partial charge on any atom is -0.481 e. The van der Waals surface area contributed by atoms with Gasteiger partial charge in [-0.3, -0.25) is 4.79 Å². The summed E-state index contributed by atoms with van der Waals surface area (Å²) in [6, 6.07) is 9.75. The molecule has 0 atom stereocenters. The number of ketones is 1. The number of hydrogen-bond donors (Lipinski definition) is 0. The van der Waals surface area contributed by atoms with Gasteiger partial charge in [0.1, 0.15) is 5.78 Å². The van der Waals surface area contributed by atoms with Crippen molar-refractivity contribution >= 4 is 16.7 Å². The molecule has 0 saturated carbocycles. The maximum absolute atomic E-state index is 11.1. The van der Waals surface area contributed by atoms with Gasteiger partial charge < -0.3 is 4.74 Å². The number of carbonyl (C=O) groups excluding carboxylic acids is 1. The van der Waals surface area contributed by atoms with Crippen molar-refractivity contribution in [2.75, 3.05) is 7.11 Å². The summed E-state index contributed by atoms with van der Waals surface area (Å²) in [7, 11) is 1.57. The van der Waals surface area contributed by atoms with Crippen molar-refractivity contribution in [3.05, 3.63) is 35.9 Å². The Morgan fingerprint density at radius 2 is 2.12 bits per heavy atom. The van der Waals surface area contributed by atoms with Crippen LogP contribution in [-0.2, 0) is 11.2 Å². The first-order valence-electron chi connectivity index (χ1n) is 5.13. The molecule has 2 rings (SSSR count). The molecular formula is C13H13NO2. The van der Waals surface area contributed by atoms with E-state index in [0.717, 1.165) is 16.5 Å². The first-order chi connectivity index (χ1) is 7.70. The maximum atomic E-state index is 11.1. The van der Waals surface area contributed by atoms with Crippen LogP contribution in [0.25, 0.3) is 10.9 Å². The summed E-state index contributed by atoms with van der Waals surface area (Å²) < 4.78 is 5.19. The van der Waals surface area contributed by atoms with E-state index in [1.807, 2.05) is 30.3 Å². The van der Waals surface area contributed by atoms with Crippen molar-refractivity contribution in [2.45, 2.75) is 13.3 Å². The molecule has 0 aliphatic rings. The van der Waals surface area contributed by atoms with Gasteiger partial charge in [-0.05, 0) is 19.1 Å². The highest BCUT2D eigenvalue weighted by atomic mass is 16.5. The Kier molecular flexibility index (Phi) is 2.86. The van der Waals surface area contributed by atoms with E-state index >= 15 is 0 Å². The van der Waals surface area contributed by atoms with Crippen LogP contribution in [0.2, 0.25) is 0 Å². The third kappa shape index (κ3) is 2.03. The van der Waals surface area contributed by atoms with Crippen LogP contribution in [0, 0.1) is 0 Å². The monoisotopic (exact) mass is 215 g/mol. The molecule has 3 heteroatoms. The van der Waals surface area contributed by atoms with Crippen LogP contribution >= 0.6 is 0 Å². The fourth-order valence-electron chi connectivity index (χ4n) is 1.71. The molecule has 16 heavy (non-hydrogen) atoms. The predicted molar refractivity (Wildman–Crippen MR) is 62.7 cm³/mol. The number of pyridine rings is 1. The van der Waals surface area contributed by atoms with Gasteiger partial charge in [-0.25, -0.2) is 4.98 Å². The highest BCUT2D eigenvalue weighted by Gasteiger charge is 2.08. The summed E-state index contributed by atoms with van der Waals surface area (Å²) in [4.78, 5) is 15.5. The van der Waals surface area contributed by atoms with Gasteiger partial charge in [0.2, 0.25) is 5.88 Å². The molecular weight excluding hydrogens is 202 g/mol. The van der Waals surface area contributed by atoms with E-state index in [2.05, 4.69) is 4.98 Å². The second-order valence-electron chi connectivity index (χ2n) is 3.73. The lowest BCUT2D eigenvalue weighted by molar-refractivity contribution is -0.116. The quantitative estimate of drug-likeness (QED) is 0.789. The zero-order chi connectivity index (χ0) is 11.5. The van der Waals surface area contributed by atoms with Gasteiger partial charge in [-0.2, -0.15) is 0 Å². The van der Waals surface area contributed by atoms with E-state index in [9.17, 15) is 4.79 Å². The second-order valence-corrected chi connectivity index (χ2v) is 3.73. The highest BCUT2D eigenvalue weighted by molar-refractivity contribution is 5.83. The van der Waals surface area contributed by atoms with Gasteiger partial charge in [0, 0.05) is 17.4 Å². The van der Waals surface area contributed by atoms with Gasteiger partial charge in [0.25, 0.3) is 0 Å².